The maximum Gasteiger partial charge on any atom is 0.326 e. The van der Waals surface area contributed by atoms with Gasteiger partial charge in [-0.1, -0.05) is 24.3 Å². The highest BCUT2D eigenvalue weighted by Gasteiger charge is 2.38. The quantitative estimate of drug-likeness (QED) is 0.806. The molecule has 1 aliphatic heterocycles. The maximum absolute atomic E-state index is 13.6. The number of hydrogen-bond donors (Lipinski definition) is 2. The van der Waals surface area contributed by atoms with Crippen molar-refractivity contribution in [3.05, 3.63) is 64.2 Å². The van der Waals surface area contributed by atoms with E-state index in [0.29, 0.717) is 16.7 Å². The van der Waals surface area contributed by atoms with Gasteiger partial charge in [0.1, 0.15) is 11.8 Å². The van der Waals surface area contributed by atoms with E-state index in [1.165, 1.54) is 4.90 Å². The summed E-state index contributed by atoms with van der Waals surface area (Å²) in [5.74, 6) is -1.72. The molecule has 0 bridgehead atoms. The molecule has 3 rings (SSSR count). The van der Waals surface area contributed by atoms with Crippen LogP contribution in [0.1, 0.15) is 30.6 Å². The Kier molecular flexibility index (Phi) is 5.17. The number of rotatable bonds is 5. The van der Waals surface area contributed by atoms with Gasteiger partial charge < -0.3 is 15.1 Å². The zero-order valence-electron chi connectivity index (χ0n) is 19.2. The standard InChI is InChI=1S/C23H28N2O4/c1-14-9-18(26)10-15(2)19(14)12-20(24(3)4)22(27)25-13-17-8-6-5-7-16(17)11-21(25)23(28)29/h5-10,20-21,26H,11-13H2,1-4H3,(H,28,29)/t20-,21?/m0/s1/i9T,10T. The summed E-state index contributed by atoms with van der Waals surface area (Å²) in [6.45, 7) is 3.60. The van der Waals surface area contributed by atoms with Crippen molar-refractivity contribution in [2.75, 3.05) is 14.1 Å². The highest BCUT2D eigenvalue weighted by Crippen LogP contribution is 2.27. The third kappa shape index (κ3) is 4.27. The molecule has 0 radical (unpaired) electrons. The van der Waals surface area contributed by atoms with Crippen LogP contribution in [0.15, 0.2) is 36.4 Å². The van der Waals surface area contributed by atoms with Crippen molar-refractivity contribution in [1.29, 1.82) is 0 Å². The smallest absolute Gasteiger partial charge is 0.326 e. The van der Waals surface area contributed by atoms with Gasteiger partial charge >= 0.3 is 5.97 Å². The van der Waals surface area contributed by atoms with Gasteiger partial charge in [0.25, 0.3) is 0 Å². The lowest BCUT2D eigenvalue weighted by molar-refractivity contribution is -0.153. The lowest BCUT2D eigenvalue weighted by Crippen LogP contribution is -2.55. The zero-order chi connectivity index (χ0) is 23.0. The zero-order valence-corrected chi connectivity index (χ0v) is 17.2. The van der Waals surface area contributed by atoms with E-state index >= 15 is 0 Å². The lowest BCUT2D eigenvalue weighted by atomic mass is 9.91. The molecule has 29 heavy (non-hydrogen) atoms. The summed E-state index contributed by atoms with van der Waals surface area (Å²) in [7, 11) is 3.51. The molecule has 0 fully saturated rings. The number of aromatic hydroxyl groups is 1. The molecule has 154 valence electrons. The van der Waals surface area contributed by atoms with Crippen molar-refractivity contribution in [2.45, 2.75) is 45.3 Å². The molecule has 0 saturated carbocycles. The third-order valence-corrected chi connectivity index (χ3v) is 5.64. The molecule has 2 N–H and O–H groups in total. The van der Waals surface area contributed by atoms with Crippen LogP contribution in [0.3, 0.4) is 0 Å². The van der Waals surface area contributed by atoms with Crippen molar-refractivity contribution in [2.24, 2.45) is 0 Å². The molecule has 2 aromatic rings. The lowest BCUT2D eigenvalue weighted by Gasteiger charge is -2.38. The first kappa shape index (κ1) is 18.2. The second-order valence-corrected chi connectivity index (χ2v) is 7.80. The number of nitrogens with zero attached hydrogens (tertiary/aromatic N) is 2. The number of benzene rings is 2. The van der Waals surface area contributed by atoms with E-state index in [4.69, 9.17) is 2.74 Å². The van der Waals surface area contributed by atoms with E-state index in [0.717, 1.165) is 11.1 Å². The molecule has 6 nitrogen and oxygen atoms in total. The number of hydrogen-bond acceptors (Lipinski definition) is 4. The van der Waals surface area contributed by atoms with Crippen LogP contribution >= 0.6 is 0 Å². The van der Waals surface area contributed by atoms with Crippen molar-refractivity contribution >= 4 is 11.9 Å². The van der Waals surface area contributed by atoms with Gasteiger partial charge in [-0.2, -0.15) is 0 Å². The average molecular weight is 401 g/mol. The van der Waals surface area contributed by atoms with Gasteiger partial charge in [0.05, 0.1) is 8.78 Å². The number of phenols is 1. The molecular formula is C23H28N2O4. The highest BCUT2D eigenvalue weighted by molar-refractivity contribution is 5.88. The number of amides is 1. The number of aliphatic carboxylic acids is 1. The molecule has 0 aliphatic carbocycles. The van der Waals surface area contributed by atoms with Crippen LogP contribution in [0.2, 0.25) is 0 Å². The number of carboxylic acids is 1. The minimum atomic E-state index is -1.04. The first-order valence-corrected chi connectivity index (χ1v) is 9.59. The highest BCUT2D eigenvalue weighted by atomic mass is 16.4. The van der Waals surface area contributed by atoms with Crippen LogP contribution in [0, 0.1) is 13.8 Å². The molecule has 2 aromatic carbocycles. The van der Waals surface area contributed by atoms with Crippen LogP contribution in [-0.2, 0) is 29.0 Å². The summed E-state index contributed by atoms with van der Waals surface area (Å²) in [6.07, 6.45) is 0.467. The second kappa shape index (κ2) is 8.25. The largest absolute Gasteiger partial charge is 0.508 e. The van der Waals surface area contributed by atoms with Crippen LogP contribution < -0.4 is 0 Å². The van der Waals surface area contributed by atoms with Crippen molar-refractivity contribution in [3.63, 3.8) is 0 Å². The summed E-state index contributed by atoms with van der Waals surface area (Å²) in [4.78, 5) is 28.7. The van der Waals surface area contributed by atoms with Crippen molar-refractivity contribution in [1.82, 2.24) is 9.80 Å². The van der Waals surface area contributed by atoms with E-state index in [-0.39, 0.29) is 43.1 Å². The Hall–Kier alpha value is -2.86. The normalized spacial score (nSPS) is 18.1. The van der Waals surface area contributed by atoms with Gasteiger partial charge in [-0.05, 0) is 74.3 Å². The van der Waals surface area contributed by atoms with Gasteiger partial charge in [0, 0.05) is 13.0 Å². The number of phenolic OH excluding ortho intramolecular Hbond substituents is 1. The van der Waals surface area contributed by atoms with E-state index in [2.05, 4.69) is 0 Å². The second-order valence-electron chi connectivity index (χ2n) is 7.80. The minimum absolute atomic E-state index is 0.120. The predicted octanol–water partition coefficient (Wildman–Crippen LogP) is 2.52. The number of carboxylic acid groups (broad SMARTS) is 1. The first-order chi connectivity index (χ1) is 14.5. The number of likely N-dealkylation sites (N-methyl/N-ethyl adjacent to an activating group) is 1. The first-order valence-electron chi connectivity index (χ1n) is 10.6. The minimum Gasteiger partial charge on any atom is -0.508 e. The predicted molar refractivity (Wildman–Crippen MR) is 111 cm³/mol. The average Bonchev–Trinajstić information content (AvgIpc) is 2.74. The number of fused-ring (bicyclic) bond motifs is 1. The van der Waals surface area contributed by atoms with Crippen LogP contribution in [0.5, 0.6) is 5.75 Å². The molecule has 1 aliphatic rings. The van der Waals surface area contributed by atoms with E-state index < -0.39 is 18.1 Å². The van der Waals surface area contributed by atoms with Crippen molar-refractivity contribution in [3.8, 4) is 5.75 Å². The molecule has 1 heterocycles. The summed E-state index contributed by atoms with van der Waals surface area (Å²) < 4.78 is 16.2. The van der Waals surface area contributed by atoms with Crippen molar-refractivity contribution < 1.29 is 22.5 Å². The fourth-order valence-corrected chi connectivity index (χ4v) is 3.98. The van der Waals surface area contributed by atoms with Gasteiger partial charge in [-0.3, -0.25) is 9.69 Å². The van der Waals surface area contributed by atoms with E-state index in [1.807, 2.05) is 24.3 Å². The van der Waals surface area contributed by atoms with Crippen LogP contribution in [0.25, 0.3) is 0 Å². The maximum atomic E-state index is 13.6. The Morgan fingerprint density at radius 2 is 1.79 bits per heavy atom. The fourth-order valence-electron chi connectivity index (χ4n) is 3.98. The van der Waals surface area contributed by atoms with Crippen LogP contribution in [-0.4, -0.2) is 58.1 Å². The van der Waals surface area contributed by atoms with Gasteiger partial charge in [-0.25, -0.2) is 4.79 Å². The molecule has 0 aromatic heterocycles. The van der Waals surface area contributed by atoms with Crippen LogP contribution in [0.4, 0.5) is 0 Å². The Labute approximate surface area is 174 Å². The fraction of sp³-hybridized carbons (Fsp3) is 0.391. The summed E-state index contributed by atoms with van der Waals surface area (Å²) in [5, 5.41) is 19.8. The topological polar surface area (TPSA) is 81.1 Å². The van der Waals surface area contributed by atoms with Gasteiger partial charge in [0.2, 0.25) is 5.91 Å². The number of carbonyl (C=O) groups excluding carboxylic acids is 1. The molecule has 1 unspecified atom stereocenters. The third-order valence-electron chi connectivity index (χ3n) is 5.64. The van der Waals surface area contributed by atoms with Gasteiger partial charge in [0.15, 0.2) is 0 Å². The van der Waals surface area contributed by atoms with Gasteiger partial charge in [-0.15, -0.1) is 0 Å². The summed E-state index contributed by atoms with van der Waals surface area (Å²) in [6, 6.07) is 5.68. The monoisotopic (exact) mass is 400 g/mol. The molecule has 0 spiro atoms. The summed E-state index contributed by atoms with van der Waals surface area (Å²) >= 11 is 0. The molecule has 1 amide bonds. The Morgan fingerprint density at radius 3 is 2.34 bits per heavy atom. The molecular weight excluding hydrogens is 368 g/mol. The Bertz CT molecular complexity index is 1010. The summed E-state index contributed by atoms with van der Waals surface area (Å²) in [5.41, 5.74) is 3.56. The van der Waals surface area contributed by atoms with E-state index in [1.54, 1.807) is 32.8 Å². The Morgan fingerprint density at radius 1 is 1.21 bits per heavy atom. The SMILES string of the molecule is [3H]c1c(C)c(C[C@@H](C(=O)N2Cc3ccccc3CC2C(=O)O)N(C)C)c(C)c([3H])c1O. The number of carbonyl (C=O) groups is 2. The molecule has 6 heteroatoms. The Balaban J connectivity index is 1.99. The molecule has 0 saturated heterocycles. The van der Waals surface area contributed by atoms with E-state index in [9.17, 15) is 19.8 Å². The molecule has 2 atom stereocenters.